The number of hydrogen-bond acceptors (Lipinski definition) is 5. The Labute approximate surface area is 226 Å². The zero-order valence-electron chi connectivity index (χ0n) is 21.3. The molecule has 0 spiro atoms. The summed E-state index contributed by atoms with van der Waals surface area (Å²) in [5.41, 5.74) is 5.11. The first-order valence-electron chi connectivity index (χ1n) is 13.2. The van der Waals surface area contributed by atoms with E-state index in [0.717, 1.165) is 40.6 Å². The van der Waals surface area contributed by atoms with Gasteiger partial charge in [0.1, 0.15) is 5.75 Å². The number of phenols is 1. The summed E-state index contributed by atoms with van der Waals surface area (Å²) >= 11 is 3.50. The molecule has 1 aromatic carbocycles. The first kappa shape index (κ1) is 25.9. The summed E-state index contributed by atoms with van der Waals surface area (Å²) in [4.78, 5) is 32.4. The van der Waals surface area contributed by atoms with E-state index in [-0.39, 0.29) is 41.4 Å². The average molecular weight is 566 g/mol. The molecule has 6 nitrogen and oxygen atoms in total. The number of rotatable bonds is 8. The average Bonchev–Trinajstić information content (AvgIpc) is 3.43. The molecule has 4 atom stereocenters. The minimum Gasteiger partial charge on any atom is -0.507 e. The predicted octanol–water partition coefficient (Wildman–Crippen LogP) is 6.01. The number of fused-ring (bicyclic) bond motifs is 3. The molecule has 194 valence electrons. The molecule has 1 aliphatic carbocycles. The van der Waals surface area contributed by atoms with Gasteiger partial charge in [-0.1, -0.05) is 41.4 Å². The minimum absolute atomic E-state index is 0.000462. The van der Waals surface area contributed by atoms with Crippen molar-refractivity contribution >= 4 is 39.4 Å². The molecule has 0 saturated carbocycles. The number of hydrogen-bond donors (Lipinski definition) is 1. The van der Waals surface area contributed by atoms with Gasteiger partial charge in [-0.05, 0) is 79.7 Å². The third kappa shape index (κ3) is 4.91. The summed E-state index contributed by atoms with van der Waals surface area (Å²) in [7, 11) is 0. The lowest BCUT2D eigenvalue weighted by atomic mass is 9.69. The summed E-state index contributed by atoms with van der Waals surface area (Å²) in [5.74, 6) is -0.359. The van der Waals surface area contributed by atoms with E-state index >= 15 is 0 Å². The van der Waals surface area contributed by atoms with Gasteiger partial charge in [0.25, 0.3) is 0 Å². The van der Waals surface area contributed by atoms with Gasteiger partial charge in [-0.15, -0.1) is 0 Å². The fraction of sp³-hybridized carbons (Fsp3) is 0.433. The van der Waals surface area contributed by atoms with Crippen LogP contribution in [0.1, 0.15) is 57.2 Å². The number of carbonyl (C=O) groups is 2. The standard InChI is InChI=1S/C30H33BrN2O4/c1-3-13-33-29(35)22-16-18(4-2)27-23(28(22)30(33)36)17-37-26(27)11-8-19(24-7-5-6-12-32-24)14-20-15-21(31)9-10-25(20)34/h5-7,9-10,12,14-15,22-23,26,28,34H,3-4,8,11,13,16-17H2,1-2H3/b19-14-/t22-,23+,26-,28-/m1/s1. The van der Waals surface area contributed by atoms with Crippen LogP contribution in [0.25, 0.3) is 11.6 Å². The van der Waals surface area contributed by atoms with E-state index in [1.54, 1.807) is 12.3 Å². The summed E-state index contributed by atoms with van der Waals surface area (Å²) in [5, 5.41) is 10.4. The van der Waals surface area contributed by atoms with Gasteiger partial charge in [-0.2, -0.15) is 0 Å². The van der Waals surface area contributed by atoms with Crippen LogP contribution in [0.2, 0.25) is 0 Å². The van der Waals surface area contributed by atoms with Crippen LogP contribution in [-0.2, 0) is 14.3 Å². The number of benzene rings is 1. The van der Waals surface area contributed by atoms with Crippen molar-refractivity contribution in [2.75, 3.05) is 13.2 Å². The molecule has 3 heterocycles. The summed E-state index contributed by atoms with van der Waals surface area (Å²) < 4.78 is 7.24. The maximum absolute atomic E-state index is 13.3. The number of imide groups is 1. The van der Waals surface area contributed by atoms with Gasteiger partial charge in [-0.25, -0.2) is 0 Å². The molecular formula is C30H33BrN2O4. The van der Waals surface area contributed by atoms with Crippen LogP contribution in [0, 0.1) is 17.8 Å². The molecular weight excluding hydrogens is 532 g/mol. The molecule has 3 aliphatic rings. The molecule has 2 fully saturated rings. The Kier molecular flexibility index (Phi) is 7.63. The van der Waals surface area contributed by atoms with Crippen molar-refractivity contribution < 1.29 is 19.4 Å². The van der Waals surface area contributed by atoms with Crippen molar-refractivity contribution in [3.63, 3.8) is 0 Å². The molecule has 37 heavy (non-hydrogen) atoms. The molecule has 0 unspecified atom stereocenters. The third-order valence-electron chi connectivity index (χ3n) is 7.96. The van der Waals surface area contributed by atoms with E-state index in [1.807, 2.05) is 43.3 Å². The van der Waals surface area contributed by atoms with Gasteiger partial charge in [0.15, 0.2) is 0 Å². The van der Waals surface area contributed by atoms with Crippen LogP contribution in [0.5, 0.6) is 5.75 Å². The molecule has 5 rings (SSSR count). The Morgan fingerprint density at radius 3 is 2.76 bits per heavy atom. The number of allylic oxidation sites excluding steroid dienone is 2. The monoisotopic (exact) mass is 564 g/mol. The molecule has 1 aromatic heterocycles. The molecule has 1 N–H and O–H groups in total. The zero-order chi connectivity index (χ0) is 26.1. The van der Waals surface area contributed by atoms with Crippen LogP contribution >= 0.6 is 15.9 Å². The topological polar surface area (TPSA) is 79.7 Å². The summed E-state index contributed by atoms with van der Waals surface area (Å²) in [6.07, 6.45) is 7.41. The number of nitrogens with zero attached hydrogens (tertiary/aromatic N) is 2. The van der Waals surface area contributed by atoms with Gasteiger partial charge in [0.2, 0.25) is 11.8 Å². The van der Waals surface area contributed by atoms with E-state index in [0.29, 0.717) is 26.0 Å². The van der Waals surface area contributed by atoms with Crippen molar-refractivity contribution in [3.05, 3.63) is 69.5 Å². The van der Waals surface area contributed by atoms with E-state index in [4.69, 9.17) is 4.74 Å². The number of likely N-dealkylation sites (tertiary alicyclic amines) is 1. The second-order valence-corrected chi connectivity index (χ2v) is 11.0. The Balaban J connectivity index is 1.42. The molecule has 2 saturated heterocycles. The third-order valence-corrected chi connectivity index (χ3v) is 8.46. The highest BCUT2D eigenvalue weighted by molar-refractivity contribution is 9.10. The van der Waals surface area contributed by atoms with Crippen molar-refractivity contribution in [2.45, 2.75) is 52.1 Å². The van der Waals surface area contributed by atoms with Crippen molar-refractivity contribution in [1.82, 2.24) is 9.88 Å². The second-order valence-electron chi connectivity index (χ2n) is 10.1. The van der Waals surface area contributed by atoms with E-state index in [2.05, 4.69) is 27.8 Å². The lowest BCUT2D eigenvalue weighted by molar-refractivity contribution is -0.140. The van der Waals surface area contributed by atoms with Crippen LogP contribution in [-0.4, -0.2) is 46.1 Å². The molecule has 2 aromatic rings. The van der Waals surface area contributed by atoms with E-state index in [9.17, 15) is 14.7 Å². The van der Waals surface area contributed by atoms with Crippen LogP contribution in [0.3, 0.4) is 0 Å². The number of amides is 2. The molecule has 7 heteroatoms. The van der Waals surface area contributed by atoms with Crippen molar-refractivity contribution in [3.8, 4) is 5.75 Å². The zero-order valence-corrected chi connectivity index (χ0v) is 22.9. The quantitative estimate of drug-likeness (QED) is 0.314. The number of carbonyl (C=O) groups excluding carboxylic acids is 2. The predicted molar refractivity (Wildman–Crippen MR) is 146 cm³/mol. The fourth-order valence-electron chi connectivity index (χ4n) is 6.26. The van der Waals surface area contributed by atoms with Gasteiger partial charge in [-0.3, -0.25) is 19.5 Å². The lowest BCUT2D eigenvalue weighted by Gasteiger charge is -2.31. The highest BCUT2D eigenvalue weighted by atomic mass is 79.9. The highest BCUT2D eigenvalue weighted by Crippen LogP contribution is 2.50. The van der Waals surface area contributed by atoms with Gasteiger partial charge in [0, 0.05) is 28.7 Å². The summed E-state index contributed by atoms with van der Waals surface area (Å²) in [6, 6.07) is 11.2. The smallest absolute Gasteiger partial charge is 0.233 e. The first-order valence-corrected chi connectivity index (χ1v) is 14.0. The van der Waals surface area contributed by atoms with Gasteiger partial charge >= 0.3 is 0 Å². The van der Waals surface area contributed by atoms with Gasteiger partial charge in [0.05, 0.1) is 30.2 Å². The number of aromatic hydroxyl groups is 1. The highest BCUT2D eigenvalue weighted by Gasteiger charge is 2.56. The number of halogens is 1. The Morgan fingerprint density at radius 2 is 2.03 bits per heavy atom. The van der Waals surface area contributed by atoms with Gasteiger partial charge < -0.3 is 9.84 Å². The Bertz CT molecular complexity index is 1260. The largest absolute Gasteiger partial charge is 0.507 e. The fourth-order valence-corrected chi connectivity index (χ4v) is 6.64. The molecule has 0 radical (unpaired) electrons. The maximum atomic E-state index is 13.3. The Hall–Kier alpha value is -2.77. The second kappa shape index (κ2) is 10.9. The molecule has 0 bridgehead atoms. The van der Waals surface area contributed by atoms with Crippen molar-refractivity contribution in [2.24, 2.45) is 17.8 Å². The number of ether oxygens (including phenoxy) is 1. The number of pyridine rings is 1. The van der Waals surface area contributed by atoms with Crippen molar-refractivity contribution in [1.29, 1.82) is 0 Å². The maximum Gasteiger partial charge on any atom is 0.233 e. The first-order chi connectivity index (χ1) is 17.9. The van der Waals surface area contributed by atoms with E-state index in [1.165, 1.54) is 16.0 Å². The Morgan fingerprint density at radius 1 is 1.19 bits per heavy atom. The lowest BCUT2D eigenvalue weighted by Crippen LogP contribution is -2.34. The SMILES string of the molecule is CCCN1C(=O)[C@@H]2[C@@H](CC(CC)=C3[C@@H](CC/C(=C/c4cc(Br)ccc4O)c4ccccn4)OC[C@@H]32)C1=O. The van der Waals surface area contributed by atoms with E-state index < -0.39 is 0 Å². The number of aromatic nitrogens is 1. The summed E-state index contributed by atoms with van der Waals surface area (Å²) in [6.45, 7) is 5.12. The van der Waals surface area contributed by atoms with Crippen LogP contribution < -0.4 is 0 Å². The molecule has 2 amide bonds. The van der Waals surface area contributed by atoms with Crippen LogP contribution in [0.4, 0.5) is 0 Å². The normalized spacial score (nSPS) is 25.6. The molecule has 2 aliphatic heterocycles. The minimum atomic E-state index is -0.293. The number of phenolic OH excluding ortho intramolecular Hbond substituents is 1. The van der Waals surface area contributed by atoms with Crippen LogP contribution in [0.15, 0.2) is 58.2 Å².